The molecule has 0 atom stereocenters. The number of likely N-dealkylation sites (N-methyl/N-ethyl adjacent to an activating group) is 2. The number of hydrogen-bond donors (Lipinski definition) is 2. The number of rotatable bonds is 5. The summed E-state index contributed by atoms with van der Waals surface area (Å²) in [5.74, 6) is -0.347. The van der Waals surface area contributed by atoms with E-state index >= 15 is 0 Å². The van der Waals surface area contributed by atoms with Gasteiger partial charge in [-0.3, -0.25) is 14.3 Å². The summed E-state index contributed by atoms with van der Waals surface area (Å²) in [5, 5.41) is 9.39. The molecule has 26 heavy (non-hydrogen) atoms. The van der Waals surface area contributed by atoms with Crippen molar-refractivity contribution >= 4 is 23.2 Å². The number of carbonyl (C=O) groups excluding carboxylic acids is 2. The summed E-state index contributed by atoms with van der Waals surface area (Å²) in [6.07, 6.45) is 3.16. The van der Waals surface area contributed by atoms with E-state index in [1.54, 1.807) is 13.2 Å². The second kappa shape index (κ2) is 8.01. The largest absolute Gasteiger partial charge is 0.369 e. The van der Waals surface area contributed by atoms with Crippen molar-refractivity contribution in [2.75, 3.05) is 50.5 Å². The van der Waals surface area contributed by atoms with E-state index in [1.807, 2.05) is 24.3 Å². The van der Waals surface area contributed by atoms with Crippen LogP contribution in [0.4, 0.5) is 11.4 Å². The number of nitrogens with one attached hydrogen (secondary N) is 2. The van der Waals surface area contributed by atoms with Crippen LogP contribution in [-0.2, 0) is 11.3 Å². The van der Waals surface area contributed by atoms with Crippen LogP contribution in [-0.4, -0.2) is 66.8 Å². The molecule has 0 aliphatic carbocycles. The highest BCUT2D eigenvalue weighted by Gasteiger charge is 2.15. The first-order chi connectivity index (χ1) is 12.5. The molecular weight excluding hydrogens is 332 g/mol. The Bertz CT molecular complexity index is 762. The van der Waals surface area contributed by atoms with Gasteiger partial charge in [0, 0.05) is 50.7 Å². The third kappa shape index (κ3) is 4.40. The lowest BCUT2D eigenvalue weighted by Gasteiger charge is -2.34. The smallest absolute Gasteiger partial charge is 0.255 e. The van der Waals surface area contributed by atoms with E-state index in [4.69, 9.17) is 0 Å². The Morgan fingerprint density at radius 1 is 1.12 bits per heavy atom. The van der Waals surface area contributed by atoms with Gasteiger partial charge < -0.3 is 20.4 Å². The second-order valence-corrected chi connectivity index (χ2v) is 6.39. The Labute approximate surface area is 152 Å². The maximum absolute atomic E-state index is 12.4. The summed E-state index contributed by atoms with van der Waals surface area (Å²) in [6, 6.07) is 7.63. The van der Waals surface area contributed by atoms with Gasteiger partial charge in [-0.05, 0) is 31.3 Å². The SMILES string of the molecule is CNC(=O)Cn1cc(NC(=O)c2ccc(N3CCN(C)CC3)cc2)cn1. The molecule has 2 amide bonds. The number of benzene rings is 1. The second-order valence-electron chi connectivity index (χ2n) is 6.39. The summed E-state index contributed by atoms with van der Waals surface area (Å²) in [6.45, 7) is 4.19. The fraction of sp³-hybridized carbons (Fsp3) is 0.389. The van der Waals surface area contributed by atoms with Crippen molar-refractivity contribution in [2.24, 2.45) is 0 Å². The molecule has 8 heteroatoms. The van der Waals surface area contributed by atoms with Gasteiger partial charge in [-0.1, -0.05) is 0 Å². The van der Waals surface area contributed by atoms with Crippen molar-refractivity contribution in [1.82, 2.24) is 20.0 Å². The molecule has 2 heterocycles. The number of amides is 2. The molecule has 0 spiro atoms. The number of aromatic nitrogens is 2. The van der Waals surface area contributed by atoms with Gasteiger partial charge in [0.2, 0.25) is 5.91 Å². The maximum Gasteiger partial charge on any atom is 0.255 e. The number of hydrogen-bond acceptors (Lipinski definition) is 5. The third-order valence-corrected chi connectivity index (χ3v) is 4.47. The molecule has 0 radical (unpaired) electrons. The summed E-state index contributed by atoms with van der Waals surface area (Å²) in [5.41, 5.74) is 2.28. The fourth-order valence-electron chi connectivity index (χ4n) is 2.83. The molecule has 0 bridgehead atoms. The zero-order chi connectivity index (χ0) is 18.5. The van der Waals surface area contributed by atoms with Crippen LogP contribution in [0.2, 0.25) is 0 Å². The van der Waals surface area contributed by atoms with Gasteiger partial charge in [-0.25, -0.2) is 0 Å². The van der Waals surface area contributed by atoms with Crippen LogP contribution in [0.1, 0.15) is 10.4 Å². The zero-order valence-corrected chi connectivity index (χ0v) is 15.1. The van der Waals surface area contributed by atoms with Crippen LogP contribution in [0.15, 0.2) is 36.7 Å². The molecule has 1 aromatic carbocycles. The summed E-state index contributed by atoms with van der Waals surface area (Å²) in [4.78, 5) is 28.4. The molecule has 1 aliphatic rings. The number of anilines is 2. The van der Waals surface area contributed by atoms with Crippen molar-refractivity contribution in [3.05, 3.63) is 42.2 Å². The maximum atomic E-state index is 12.4. The predicted octanol–water partition coefficient (Wildman–Crippen LogP) is 0.633. The highest BCUT2D eigenvalue weighted by Crippen LogP contribution is 2.18. The Kier molecular flexibility index (Phi) is 5.52. The minimum atomic E-state index is -0.200. The van der Waals surface area contributed by atoms with Crippen molar-refractivity contribution in [2.45, 2.75) is 6.54 Å². The van der Waals surface area contributed by atoms with E-state index in [0.717, 1.165) is 31.9 Å². The van der Waals surface area contributed by atoms with E-state index in [9.17, 15) is 9.59 Å². The van der Waals surface area contributed by atoms with Gasteiger partial charge in [-0.15, -0.1) is 0 Å². The number of carbonyl (C=O) groups is 2. The molecule has 138 valence electrons. The molecule has 2 aromatic rings. The first-order valence-corrected chi connectivity index (χ1v) is 8.63. The van der Waals surface area contributed by atoms with E-state index < -0.39 is 0 Å². The zero-order valence-electron chi connectivity index (χ0n) is 15.1. The van der Waals surface area contributed by atoms with Gasteiger partial charge >= 0.3 is 0 Å². The standard InChI is InChI=1S/C18H24N6O2/c1-19-17(25)13-24-12-15(11-20-24)21-18(26)14-3-5-16(6-4-14)23-9-7-22(2)8-10-23/h3-6,11-12H,7-10,13H2,1-2H3,(H,19,25)(H,21,26). The minimum absolute atomic E-state index is 0.117. The van der Waals surface area contributed by atoms with E-state index in [1.165, 1.54) is 10.9 Å². The van der Waals surface area contributed by atoms with E-state index in [2.05, 4.69) is 32.6 Å². The van der Waals surface area contributed by atoms with Crippen LogP contribution in [0.3, 0.4) is 0 Å². The minimum Gasteiger partial charge on any atom is -0.369 e. The first kappa shape index (κ1) is 17.9. The van der Waals surface area contributed by atoms with Crippen molar-refractivity contribution in [3.8, 4) is 0 Å². The number of nitrogens with zero attached hydrogens (tertiary/aromatic N) is 4. The van der Waals surface area contributed by atoms with Crippen LogP contribution in [0, 0.1) is 0 Å². The molecule has 1 saturated heterocycles. The van der Waals surface area contributed by atoms with Gasteiger partial charge in [-0.2, -0.15) is 5.10 Å². The monoisotopic (exact) mass is 356 g/mol. The Morgan fingerprint density at radius 3 is 2.46 bits per heavy atom. The lowest BCUT2D eigenvalue weighted by Crippen LogP contribution is -2.44. The van der Waals surface area contributed by atoms with Gasteiger partial charge in [0.25, 0.3) is 5.91 Å². The summed E-state index contributed by atoms with van der Waals surface area (Å²) in [7, 11) is 3.70. The van der Waals surface area contributed by atoms with E-state index in [-0.39, 0.29) is 18.4 Å². The highest BCUT2D eigenvalue weighted by molar-refractivity contribution is 6.04. The fourth-order valence-corrected chi connectivity index (χ4v) is 2.83. The molecule has 2 N–H and O–H groups in total. The average molecular weight is 356 g/mol. The van der Waals surface area contributed by atoms with Gasteiger partial charge in [0.1, 0.15) is 6.54 Å². The molecule has 3 rings (SSSR count). The Hall–Kier alpha value is -2.87. The summed E-state index contributed by atoms with van der Waals surface area (Å²) >= 11 is 0. The van der Waals surface area contributed by atoms with Crippen LogP contribution < -0.4 is 15.5 Å². The van der Waals surface area contributed by atoms with Gasteiger partial charge in [0.05, 0.1) is 11.9 Å². The van der Waals surface area contributed by atoms with Crippen molar-refractivity contribution in [3.63, 3.8) is 0 Å². The third-order valence-electron chi connectivity index (χ3n) is 4.47. The summed E-state index contributed by atoms with van der Waals surface area (Å²) < 4.78 is 1.48. The molecule has 0 saturated carbocycles. The predicted molar refractivity (Wildman–Crippen MR) is 100 cm³/mol. The lowest BCUT2D eigenvalue weighted by atomic mass is 10.1. The van der Waals surface area contributed by atoms with Crippen molar-refractivity contribution in [1.29, 1.82) is 0 Å². The normalized spacial score (nSPS) is 14.9. The molecule has 1 aromatic heterocycles. The van der Waals surface area contributed by atoms with Crippen molar-refractivity contribution < 1.29 is 9.59 Å². The molecular formula is C18H24N6O2. The Balaban J connectivity index is 1.59. The molecule has 0 unspecified atom stereocenters. The van der Waals surface area contributed by atoms with E-state index in [0.29, 0.717) is 11.3 Å². The molecule has 8 nitrogen and oxygen atoms in total. The lowest BCUT2D eigenvalue weighted by molar-refractivity contribution is -0.121. The quantitative estimate of drug-likeness (QED) is 0.821. The van der Waals surface area contributed by atoms with Crippen LogP contribution >= 0.6 is 0 Å². The molecule has 1 fully saturated rings. The molecule has 1 aliphatic heterocycles. The van der Waals surface area contributed by atoms with Gasteiger partial charge in [0.15, 0.2) is 0 Å². The topological polar surface area (TPSA) is 82.5 Å². The average Bonchev–Trinajstić information content (AvgIpc) is 3.09. The van der Waals surface area contributed by atoms with Crippen LogP contribution in [0.25, 0.3) is 0 Å². The highest BCUT2D eigenvalue weighted by atomic mass is 16.2. The number of piperazine rings is 1. The first-order valence-electron chi connectivity index (χ1n) is 8.63. The van der Waals surface area contributed by atoms with Crippen LogP contribution in [0.5, 0.6) is 0 Å². The Morgan fingerprint density at radius 2 is 1.81 bits per heavy atom.